The molecule has 0 unspecified atom stereocenters. The summed E-state index contributed by atoms with van der Waals surface area (Å²) in [6.45, 7) is 0. The molecule has 78 valence electrons. The van der Waals surface area contributed by atoms with Gasteiger partial charge in [0.1, 0.15) is 5.82 Å². The molecule has 0 spiro atoms. The first-order valence-corrected chi connectivity index (χ1v) is 4.85. The van der Waals surface area contributed by atoms with Crippen molar-refractivity contribution in [3.63, 3.8) is 0 Å². The van der Waals surface area contributed by atoms with Crippen molar-refractivity contribution in [2.45, 2.75) is 6.42 Å². The first-order valence-electron chi connectivity index (χ1n) is 4.47. The van der Waals surface area contributed by atoms with Crippen LogP contribution < -0.4 is 5.73 Å². The topological polar surface area (TPSA) is 60.9 Å². The summed E-state index contributed by atoms with van der Waals surface area (Å²) in [6, 6.07) is 5.43. The van der Waals surface area contributed by atoms with Crippen LogP contribution in [0, 0.1) is 0 Å². The number of primary amides is 1. The molecular weight excluding hydrogens is 214 g/mol. The van der Waals surface area contributed by atoms with Gasteiger partial charge in [-0.3, -0.25) is 4.79 Å². The number of fused-ring (bicyclic) bond motifs is 1. The van der Waals surface area contributed by atoms with Crippen LogP contribution in [0.25, 0.3) is 11.0 Å². The van der Waals surface area contributed by atoms with Crippen molar-refractivity contribution in [1.82, 2.24) is 9.55 Å². The Morgan fingerprint density at radius 2 is 2.33 bits per heavy atom. The Morgan fingerprint density at radius 3 is 3.00 bits per heavy atom. The highest BCUT2D eigenvalue weighted by atomic mass is 35.5. The zero-order chi connectivity index (χ0) is 11.0. The van der Waals surface area contributed by atoms with E-state index in [0.717, 1.165) is 11.0 Å². The van der Waals surface area contributed by atoms with Gasteiger partial charge in [0.2, 0.25) is 5.91 Å². The predicted molar refractivity (Wildman–Crippen MR) is 58.6 cm³/mol. The lowest BCUT2D eigenvalue weighted by atomic mass is 10.3. The number of imidazole rings is 1. The van der Waals surface area contributed by atoms with Crippen molar-refractivity contribution in [2.24, 2.45) is 12.8 Å². The van der Waals surface area contributed by atoms with E-state index >= 15 is 0 Å². The van der Waals surface area contributed by atoms with Gasteiger partial charge in [0, 0.05) is 12.1 Å². The van der Waals surface area contributed by atoms with Crippen LogP contribution in [0.15, 0.2) is 18.2 Å². The number of aromatic nitrogens is 2. The molecule has 5 heteroatoms. The van der Waals surface area contributed by atoms with Crippen LogP contribution in [-0.4, -0.2) is 15.5 Å². The van der Waals surface area contributed by atoms with Crippen LogP contribution in [-0.2, 0) is 18.3 Å². The molecular formula is C10H10ClN3O. The minimum Gasteiger partial charge on any atom is -0.369 e. The van der Waals surface area contributed by atoms with E-state index in [2.05, 4.69) is 4.98 Å². The van der Waals surface area contributed by atoms with Gasteiger partial charge in [0.15, 0.2) is 0 Å². The highest BCUT2D eigenvalue weighted by Gasteiger charge is 2.09. The number of nitrogens with two attached hydrogens (primary N) is 1. The molecule has 15 heavy (non-hydrogen) atoms. The van der Waals surface area contributed by atoms with Gasteiger partial charge in [-0.1, -0.05) is 11.6 Å². The highest BCUT2D eigenvalue weighted by Crippen LogP contribution is 2.19. The molecule has 1 aromatic carbocycles. The van der Waals surface area contributed by atoms with Gasteiger partial charge in [0.05, 0.1) is 17.5 Å². The van der Waals surface area contributed by atoms with E-state index in [0.29, 0.717) is 10.8 Å². The number of halogens is 1. The SMILES string of the molecule is Cn1c(CC(N)=O)nc2cc(Cl)ccc21. The largest absolute Gasteiger partial charge is 0.369 e. The number of hydrogen-bond donors (Lipinski definition) is 1. The van der Waals surface area contributed by atoms with Crippen LogP contribution in [0.3, 0.4) is 0 Å². The van der Waals surface area contributed by atoms with Gasteiger partial charge in [-0.25, -0.2) is 4.98 Å². The number of carbonyl (C=O) groups excluding carboxylic acids is 1. The maximum absolute atomic E-state index is 10.8. The predicted octanol–water partition coefficient (Wildman–Crippen LogP) is 1.25. The average molecular weight is 224 g/mol. The van der Waals surface area contributed by atoms with Gasteiger partial charge in [-0.2, -0.15) is 0 Å². The van der Waals surface area contributed by atoms with Gasteiger partial charge in [-0.05, 0) is 18.2 Å². The molecule has 0 saturated heterocycles. The summed E-state index contributed by atoms with van der Waals surface area (Å²) < 4.78 is 1.84. The summed E-state index contributed by atoms with van der Waals surface area (Å²) >= 11 is 5.85. The second kappa shape index (κ2) is 3.55. The number of rotatable bonds is 2. The van der Waals surface area contributed by atoms with E-state index in [4.69, 9.17) is 17.3 Å². The second-order valence-corrected chi connectivity index (χ2v) is 3.80. The first kappa shape index (κ1) is 9.98. The van der Waals surface area contributed by atoms with Crippen molar-refractivity contribution >= 4 is 28.5 Å². The molecule has 0 atom stereocenters. The fraction of sp³-hybridized carbons (Fsp3) is 0.200. The first-order chi connectivity index (χ1) is 7.08. The van der Waals surface area contributed by atoms with Gasteiger partial charge < -0.3 is 10.3 Å². The van der Waals surface area contributed by atoms with E-state index < -0.39 is 0 Å². The van der Waals surface area contributed by atoms with Crippen molar-refractivity contribution in [1.29, 1.82) is 0 Å². The normalized spacial score (nSPS) is 10.8. The Balaban J connectivity index is 2.58. The molecule has 1 amide bonds. The Labute approximate surface area is 91.7 Å². The molecule has 0 radical (unpaired) electrons. The molecule has 0 aliphatic carbocycles. The van der Waals surface area contributed by atoms with E-state index in [1.807, 2.05) is 17.7 Å². The van der Waals surface area contributed by atoms with Crippen LogP contribution in [0.1, 0.15) is 5.82 Å². The van der Waals surface area contributed by atoms with Gasteiger partial charge in [0.25, 0.3) is 0 Å². The van der Waals surface area contributed by atoms with Crippen LogP contribution in [0.4, 0.5) is 0 Å². The van der Waals surface area contributed by atoms with Crippen molar-refractivity contribution < 1.29 is 4.79 Å². The third-order valence-electron chi connectivity index (χ3n) is 2.27. The summed E-state index contributed by atoms with van der Waals surface area (Å²) in [7, 11) is 1.85. The third-order valence-corrected chi connectivity index (χ3v) is 2.50. The molecule has 0 fully saturated rings. The Morgan fingerprint density at radius 1 is 1.60 bits per heavy atom. The van der Waals surface area contributed by atoms with E-state index in [9.17, 15) is 4.79 Å². The fourth-order valence-electron chi connectivity index (χ4n) is 1.54. The molecule has 4 nitrogen and oxygen atoms in total. The number of hydrogen-bond acceptors (Lipinski definition) is 2. The van der Waals surface area contributed by atoms with Crippen molar-refractivity contribution in [3.8, 4) is 0 Å². The highest BCUT2D eigenvalue weighted by molar-refractivity contribution is 6.31. The summed E-state index contributed by atoms with van der Waals surface area (Å²) in [6.07, 6.45) is 0.142. The fourth-order valence-corrected chi connectivity index (χ4v) is 1.70. The molecule has 2 rings (SSSR count). The van der Waals surface area contributed by atoms with E-state index in [1.54, 1.807) is 12.1 Å². The number of benzene rings is 1. The summed E-state index contributed by atoms with van der Waals surface area (Å²) in [4.78, 5) is 15.1. The Kier molecular flexibility index (Phi) is 2.36. The molecule has 0 aliphatic rings. The molecule has 0 bridgehead atoms. The van der Waals surface area contributed by atoms with Gasteiger partial charge in [-0.15, -0.1) is 0 Å². The van der Waals surface area contributed by atoms with Crippen LogP contribution >= 0.6 is 11.6 Å². The maximum atomic E-state index is 10.8. The summed E-state index contributed by atoms with van der Waals surface area (Å²) in [5, 5.41) is 0.631. The number of amides is 1. The number of carbonyl (C=O) groups is 1. The monoisotopic (exact) mass is 223 g/mol. The quantitative estimate of drug-likeness (QED) is 0.833. The lowest BCUT2D eigenvalue weighted by molar-refractivity contribution is -0.117. The van der Waals surface area contributed by atoms with Gasteiger partial charge >= 0.3 is 0 Å². The smallest absolute Gasteiger partial charge is 0.225 e. The van der Waals surface area contributed by atoms with Crippen LogP contribution in [0.5, 0.6) is 0 Å². The standard InChI is InChI=1S/C10H10ClN3O/c1-14-8-3-2-6(11)4-7(8)13-10(14)5-9(12)15/h2-4H,5H2,1H3,(H2,12,15). The van der Waals surface area contributed by atoms with Crippen molar-refractivity contribution in [3.05, 3.63) is 29.0 Å². The Hall–Kier alpha value is -1.55. The van der Waals surface area contributed by atoms with E-state index in [-0.39, 0.29) is 12.3 Å². The minimum atomic E-state index is -0.389. The molecule has 0 saturated carbocycles. The molecule has 1 aromatic heterocycles. The molecule has 1 heterocycles. The second-order valence-electron chi connectivity index (χ2n) is 3.36. The minimum absolute atomic E-state index is 0.142. The van der Waals surface area contributed by atoms with E-state index in [1.165, 1.54) is 0 Å². The zero-order valence-electron chi connectivity index (χ0n) is 8.20. The summed E-state index contributed by atoms with van der Waals surface area (Å²) in [5.74, 6) is 0.263. The molecule has 2 aromatic rings. The number of aryl methyl sites for hydroxylation is 1. The Bertz CT molecular complexity index is 533. The molecule has 0 aliphatic heterocycles. The summed E-state index contributed by atoms with van der Waals surface area (Å²) in [5.41, 5.74) is 6.85. The van der Waals surface area contributed by atoms with Crippen molar-refractivity contribution in [2.75, 3.05) is 0 Å². The van der Waals surface area contributed by atoms with Crippen LogP contribution in [0.2, 0.25) is 5.02 Å². The molecule has 2 N–H and O–H groups in total. The average Bonchev–Trinajstić information content (AvgIpc) is 2.42. The number of nitrogens with zero attached hydrogens (tertiary/aromatic N) is 2. The lowest BCUT2D eigenvalue weighted by Crippen LogP contribution is -2.16. The third kappa shape index (κ3) is 1.80. The maximum Gasteiger partial charge on any atom is 0.225 e. The zero-order valence-corrected chi connectivity index (χ0v) is 8.95. The lowest BCUT2D eigenvalue weighted by Gasteiger charge is -1.98.